The van der Waals surface area contributed by atoms with Crippen LogP contribution in [0.4, 0.5) is 0 Å². The van der Waals surface area contributed by atoms with Crippen LogP contribution >= 0.6 is 0 Å². The number of aryl methyl sites for hydroxylation is 1. The highest BCUT2D eigenvalue weighted by Crippen LogP contribution is 2.51. The molecule has 0 bridgehead atoms. The Hall–Kier alpha value is -2.08. The Morgan fingerprint density at radius 1 is 1.21 bits per heavy atom. The van der Waals surface area contributed by atoms with Crippen LogP contribution in [-0.4, -0.2) is 55.5 Å². The van der Waals surface area contributed by atoms with E-state index < -0.39 is 0 Å². The highest BCUT2D eigenvalue weighted by Gasteiger charge is 2.52. The molecule has 1 saturated carbocycles. The maximum Gasteiger partial charge on any atom is 0.251 e. The summed E-state index contributed by atoms with van der Waals surface area (Å²) in [6.45, 7) is 11.1. The van der Waals surface area contributed by atoms with Crippen molar-refractivity contribution in [1.82, 2.24) is 15.5 Å². The number of amides is 2. The fourth-order valence-electron chi connectivity index (χ4n) is 4.58. The molecule has 0 aromatic heterocycles. The summed E-state index contributed by atoms with van der Waals surface area (Å²) >= 11 is 0. The average molecular weight is 388 g/mol. The second-order valence-corrected chi connectivity index (χ2v) is 9.67. The average Bonchev–Trinajstić information content (AvgIpc) is 2.52. The van der Waals surface area contributed by atoms with Crippen LogP contribution in [-0.2, 0) is 4.79 Å². The zero-order valence-corrected chi connectivity index (χ0v) is 17.7. The molecule has 0 unspecified atom stereocenters. The molecule has 1 aliphatic heterocycles. The number of ether oxygens (including phenoxy) is 1. The molecule has 1 spiro atoms. The third-order valence-corrected chi connectivity index (χ3v) is 5.54. The van der Waals surface area contributed by atoms with Crippen LogP contribution in [0, 0.1) is 18.3 Å². The van der Waals surface area contributed by atoms with Crippen LogP contribution in [0.25, 0.3) is 0 Å². The molecule has 0 atom stereocenters. The van der Waals surface area contributed by atoms with E-state index in [0.29, 0.717) is 35.7 Å². The number of likely N-dealkylation sites (tertiary alicyclic amines) is 1. The Kier molecular flexibility index (Phi) is 5.71. The lowest BCUT2D eigenvalue weighted by molar-refractivity contribution is -0.133. The van der Waals surface area contributed by atoms with Crippen molar-refractivity contribution in [2.24, 2.45) is 11.3 Å². The zero-order chi connectivity index (χ0) is 20.5. The largest absolute Gasteiger partial charge is 0.497 e. The monoisotopic (exact) mass is 387 g/mol. The first-order valence-corrected chi connectivity index (χ1v) is 10.0. The number of hydrogen-bond acceptors (Lipinski definition) is 4. The Balaban J connectivity index is 1.37. The lowest BCUT2D eigenvalue weighted by Gasteiger charge is -2.59. The summed E-state index contributed by atoms with van der Waals surface area (Å²) in [6.07, 6.45) is 2.25. The molecule has 2 aliphatic rings. The summed E-state index contributed by atoms with van der Waals surface area (Å²) in [5.41, 5.74) is 1.84. The van der Waals surface area contributed by atoms with E-state index in [1.807, 2.05) is 39.8 Å². The van der Waals surface area contributed by atoms with Crippen LogP contribution in [0.15, 0.2) is 18.2 Å². The summed E-state index contributed by atoms with van der Waals surface area (Å²) in [7, 11) is 1.61. The molecule has 2 N–H and O–H groups in total. The minimum atomic E-state index is -0.180. The van der Waals surface area contributed by atoms with E-state index in [1.165, 1.54) is 0 Å². The van der Waals surface area contributed by atoms with E-state index in [1.54, 1.807) is 13.2 Å². The molecule has 1 aliphatic carbocycles. The summed E-state index contributed by atoms with van der Waals surface area (Å²) < 4.78 is 5.24. The molecule has 6 heteroatoms. The second-order valence-electron chi connectivity index (χ2n) is 9.67. The van der Waals surface area contributed by atoms with Gasteiger partial charge in [-0.1, -0.05) is 0 Å². The van der Waals surface area contributed by atoms with Crippen LogP contribution in [0.2, 0.25) is 0 Å². The van der Waals surface area contributed by atoms with E-state index in [0.717, 1.165) is 31.5 Å². The molecule has 1 aromatic carbocycles. The second kappa shape index (κ2) is 7.74. The van der Waals surface area contributed by atoms with Gasteiger partial charge in [0.1, 0.15) is 5.75 Å². The maximum atomic E-state index is 12.4. The third kappa shape index (κ3) is 5.04. The van der Waals surface area contributed by atoms with Crippen molar-refractivity contribution >= 4 is 11.8 Å². The van der Waals surface area contributed by atoms with Gasteiger partial charge < -0.3 is 15.4 Å². The molecule has 0 radical (unpaired) electrons. The van der Waals surface area contributed by atoms with Crippen LogP contribution in [0.1, 0.15) is 49.5 Å². The van der Waals surface area contributed by atoms with Gasteiger partial charge in [-0.2, -0.15) is 0 Å². The first-order valence-electron chi connectivity index (χ1n) is 10.0. The maximum absolute atomic E-state index is 12.4. The van der Waals surface area contributed by atoms with Gasteiger partial charge in [0.05, 0.1) is 13.7 Å². The van der Waals surface area contributed by atoms with Crippen LogP contribution in [0.5, 0.6) is 5.75 Å². The Morgan fingerprint density at radius 3 is 2.50 bits per heavy atom. The minimum absolute atomic E-state index is 0.0444. The molecule has 1 aromatic rings. The van der Waals surface area contributed by atoms with Gasteiger partial charge in [0.2, 0.25) is 5.91 Å². The van der Waals surface area contributed by atoms with Crippen molar-refractivity contribution in [2.75, 3.05) is 33.3 Å². The summed E-state index contributed by atoms with van der Waals surface area (Å²) in [4.78, 5) is 26.7. The smallest absolute Gasteiger partial charge is 0.251 e. The number of nitrogens with one attached hydrogen (secondary N) is 2. The van der Waals surface area contributed by atoms with Crippen LogP contribution < -0.4 is 15.4 Å². The highest BCUT2D eigenvalue weighted by atomic mass is 16.5. The number of rotatable bonds is 6. The van der Waals surface area contributed by atoms with Gasteiger partial charge in [0.25, 0.3) is 5.91 Å². The van der Waals surface area contributed by atoms with Crippen molar-refractivity contribution in [1.29, 1.82) is 0 Å². The quantitative estimate of drug-likeness (QED) is 0.786. The van der Waals surface area contributed by atoms with E-state index in [2.05, 4.69) is 15.5 Å². The summed E-state index contributed by atoms with van der Waals surface area (Å²) in [5.74, 6) is 1.29. The van der Waals surface area contributed by atoms with Gasteiger partial charge in [-0.15, -0.1) is 0 Å². The van der Waals surface area contributed by atoms with Crippen molar-refractivity contribution in [3.63, 3.8) is 0 Å². The Bertz CT molecular complexity index is 740. The van der Waals surface area contributed by atoms with E-state index >= 15 is 0 Å². The van der Waals surface area contributed by atoms with Crippen LogP contribution in [0.3, 0.4) is 0 Å². The first kappa shape index (κ1) is 20.6. The fraction of sp³-hybridized carbons (Fsp3) is 0.636. The summed E-state index contributed by atoms with van der Waals surface area (Å²) in [5, 5.41) is 6.08. The lowest BCUT2D eigenvalue weighted by Crippen LogP contribution is -2.64. The van der Waals surface area contributed by atoms with Crippen molar-refractivity contribution in [3.8, 4) is 5.75 Å². The number of nitrogens with zero attached hydrogens (tertiary/aromatic N) is 1. The van der Waals surface area contributed by atoms with Gasteiger partial charge in [-0.05, 0) is 75.6 Å². The molecular weight excluding hydrogens is 354 g/mol. The normalized spacial score (nSPS) is 18.9. The molecule has 154 valence electrons. The van der Waals surface area contributed by atoms with E-state index in [4.69, 9.17) is 4.74 Å². The van der Waals surface area contributed by atoms with Crippen molar-refractivity contribution in [2.45, 2.75) is 46.1 Å². The molecule has 28 heavy (non-hydrogen) atoms. The van der Waals surface area contributed by atoms with Gasteiger partial charge in [0.15, 0.2) is 0 Å². The Labute approximate surface area is 168 Å². The molecular formula is C22H33N3O3. The van der Waals surface area contributed by atoms with Crippen molar-refractivity contribution < 1.29 is 14.3 Å². The first-order chi connectivity index (χ1) is 13.1. The predicted molar refractivity (Wildman–Crippen MR) is 110 cm³/mol. The van der Waals surface area contributed by atoms with Crippen molar-refractivity contribution in [3.05, 3.63) is 29.3 Å². The molecule has 1 heterocycles. The van der Waals surface area contributed by atoms with Gasteiger partial charge in [0, 0.05) is 30.7 Å². The standard InChI is InChI=1S/C22H33N3O3/c1-15-6-17(8-18(7-15)28-5)20(27)23-11-16-9-22(10-16)13-25(14-22)12-19(26)24-21(2,3)4/h6-8,16H,9-14H2,1-5H3,(H,23,27)(H,24,26). The fourth-order valence-corrected chi connectivity index (χ4v) is 4.58. The Morgan fingerprint density at radius 2 is 1.89 bits per heavy atom. The molecule has 2 amide bonds. The zero-order valence-electron chi connectivity index (χ0n) is 17.7. The van der Waals surface area contributed by atoms with Gasteiger partial charge in [-0.3, -0.25) is 14.5 Å². The highest BCUT2D eigenvalue weighted by molar-refractivity contribution is 5.94. The minimum Gasteiger partial charge on any atom is -0.497 e. The molecule has 6 nitrogen and oxygen atoms in total. The third-order valence-electron chi connectivity index (χ3n) is 5.54. The molecule has 1 saturated heterocycles. The summed E-state index contributed by atoms with van der Waals surface area (Å²) in [6, 6.07) is 5.57. The predicted octanol–water partition coefficient (Wildman–Crippen LogP) is 2.36. The number of carbonyl (C=O) groups is 2. The van der Waals surface area contributed by atoms with Gasteiger partial charge >= 0.3 is 0 Å². The number of methoxy groups -OCH3 is 1. The SMILES string of the molecule is COc1cc(C)cc(C(=O)NCC2CC3(C2)CN(CC(=O)NC(C)(C)C)C3)c1. The molecule has 3 rings (SSSR count). The topological polar surface area (TPSA) is 70.7 Å². The number of hydrogen-bond donors (Lipinski definition) is 2. The van der Waals surface area contributed by atoms with Gasteiger partial charge in [-0.25, -0.2) is 0 Å². The number of carbonyl (C=O) groups excluding carboxylic acids is 2. The molecule has 2 fully saturated rings. The van der Waals surface area contributed by atoms with E-state index in [9.17, 15) is 9.59 Å². The lowest BCUT2D eigenvalue weighted by atomic mass is 9.57. The van der Waals surface area contributed by atoms with E-state index in [-0.39, 0.29) is 17.4 Å². The number of benzene rings is 1.